The predicted molar refractivity (Wildman–Crippen MR) is 52.2 cm³/mol. The van der Waals surface area contributed by atoms with Gasteiger partial charge in [-0.25, -0.2) is 0 Å². The van der Waals surface area contributed by atoms with Gasteiger partial charge in [-0.05, 0) is 0 Å². The average molecular weight is 240 g/mol. The van der Waals surface area contributed by atoms with E-state index in [1.54, 1.807) is 0 Å². The number of carbonyl (C=O) groups is 1. The van der Waals surface area contributed by atoms with Crippen LogP contribution in [0, 0.1) is 0 Å². The van der Waals surface area contributed by atoms with Gasteiger partial charge in [0.2, 0.25) is 0 Å². The molecule has 0 spiro atoms. The normalized spacial score (nSPS) is 10.2. The van der Waals surface area contributed by atoms with E-state index in [0.717, 1.165) is 27.7 Å². The monoisotopic (exact) mass is 238 g/mol. The number of hydrogen-bond donors (Lipinski definition) is 0. The van der Waals surface area contributed by atoms with E-state index in [-0.39, 0.29) is 5.97 Å². The van der Waals surface area contributed by atoms with Gasteiger partial charge in [-0.2, -0.15) is 0 Å². The molecule has 14 heavy (non-hydrogen) atoms. The van der Waals surface area contributed by atoms with Crippen molar-refractivity contribution in [1.82, 2.24) is 0 Å². The fourth-order valence-electron chi connectivity index (χ4n) is 0.972. The van der Waals surface area contributed by atoms with Gasteiger partial charge in [-0.1, -0.05) is 0 Å². The second-order valence-corrected chi connectivity index (χ2v) is 4.27. The van der Waals surface area contributed by atoms with E-state index in [1.807, 2.05) is 42.5 Å². The van der Waals surface area contributed by atoms with Gasteiger partial charge in [0.25, 0.3) is 0 Å². The summed E-state index contributed by atoms with van der Waals surface area (Å²) in [7, 11) is 0. The van der Waals surface area contributed by atoms with Crippen molar-refractivity contribution in [2.24, 2.45) is 0 Å². The van der Waals surface area contributed by atoms with E-state index in [9.17, 15) is 4.79 Å². The molecule has 0 bridgehead atoms. The first-order valence-electron chi connectivity index (χ1n) is 4.29. The summed E-state index contributed by atoms with van der Waals surface area (Å²) < 4.78 is 5.64. The molecule has 0 unspecified atom stereocenters. The SMILES string of the molecule is CC(=O)O[C](=[Zn])/C=C\c1ccccc1. The molecule has 0 saturated heterocycles. The number of benzene rings is 1. The van der Waals surface area contributed by atoms with Crippen LogP contribution in [0.25, 0.3) is 6.08 Å². The molecule has 0 N–H and O–H groups in total. The van der Waals surface area contributed by atoms with Gasteiger partial charge in [0, 0.05) is 0 Å². The van der Waals surface area contributed by atoms with Crippen molar-refractivity contribution in [3.63, 3.8) is 0 Å². The molecule has 1 aromatic carbocycles. The molecule has 0 fully saturated rings. The number of rotatable bonds is 3. The standard InChI is InChI=1S/C11H10O2.Zn/c1-10(12)13-9-5-8-11-6-3-2-4-7-11;/h2-8H,1H3;/b8-5-;. The Balaban J connectivity index is 2.56. The molecule has 0 aliphatic rings. The molecule has 68 valence electrons. The summed E-state index contributed by atoms with van der Waals surface area (Å²) in [6.07, 6.45) is 3.76. The Morgan fingerprint density at radius 1 is 1.36 bits per heavy atom. The zero-order valence-corrected chi connectivity index (χ0v) is 11.0. The Morgan fingerprint density at radius 2 is 2.00 bits per heavy atom. The third-order valence-electron chi connectivity index (χ3n) is 1.54. The van der Waals surface area contributed by atoms with Crippen LogP contribution in [-0.2, 0) is 27.4 Å². The third kappa shape index (κ3) is 4.24. The Bertz CT molecular complexity index is 355. The average Bonchev–Trinajstić information content (AvgIpc) is 2.15. The van der Waals surface area contributed by atoms with Crippen molar-refractivity contribution in [3.8, 4) is 0 Å². The number of carbonyl (C=O) groups excluding carboxylic acids is 1. The molecule has 0 aliphatic heterocycles. The maximum absolute atomic E-state index is 10.6. The van der Waals surface area contributed by atoms with Crippen LogP contribution >= 0.6 is 0 Å². The van der Waals surface area contributed by atoms with Crippen LogP contribution < -0.4 is 0 Å². The quantitative estimate of drug-likeness (QED) is 0.595. The second kappa shape index (κ2) is 5.61. The van der Waals surface area contributed by atoms with Gasteiger partial charge in [0.15, 0.2) is 0 Å². The summed E-state index contributed by atoms with van der Waals surface area (Å²) in [5.41, 5.74) is 1.10. The Kier molecular flexibility index (Phi) is 4.41. The van der Waals surface area contributed by atoms with Crippen LogP contribution in [0.15, 0.2) is 36.4 Å². The van der Waals surface area contributed by atoms with Crippen LogP contribution in [-0.4, -0.2) is 10.3 Å². The molecule has 2 nitrogen and oxygen atoms in total. The fourth-order valence-corrected chi connectivity index (χ4v) is 1.65. The maximum atomic E-state index is 10.6. The Hall–Kier alpha value is -1.08. The van der Waals surface area contributed by atoms with Gasteiger partial charge in [-0.15, -0.1) is 0 Å². The Morgan fingerprint density at radius 3 is 2.57 bits per heavy atom. The van der Waals surface area contributed by atoms with E-state index in [4.69, 9.17) is 4.74 Å². The van der Waals surface area contributed by atoms with Crippen LogP contribution in [0.5, 0.6) is 0 Å². The van der Waals surface area contributed by atoms with E-state index in [2.05, 4.69) is 0 Å². The zero-order chi connectivity index (χ0) is 10.4. The first kappa shape index (κ1) is 11.0. The molecule has 0 radical (unpaired) electrons. The molecular formula is C11H10O2Zn. The van der Waals surface area contributed by atoms with Crippen molar-refractivity contribution >= 4 is 16.3 Å². The summed E-state index contributed by atoms with van der Waals surface area (Å²) in [6, 6.07) is 9.90. The van der Waals surface area contributed by atoms with Gasteiger partial charge < -0.3 is 0 Å². The van der Waals surface area contributed by atoms with E-state index >= 15 is 0 Å². The number of esters is 1. The predicted octanol–water partition coefficient (Wildman–Crippen LogP) is 1.94. The minimum absolute atomic E-state index is 0.260. The van der Waals surface area contributed by atoms with Gasteiger partial charge in [-0.3, -0.25) is 0 Å². The van der Waals surface area contributed by atoms with Crippen molar-refractivity contribution < 1.29 is 27.4 Å². The Labute approximate surface area is 92.8 Å². The zero-order valence-electron chi connectivity index (χ0n) is 8.07. The molecule has 1 rings (SSSR count). The molecule has 0 atom stereocenters. The first-order chi connectivity index (χ1) is 6.68. The topological polar surface area (TPSA) is 26.3 Å². The van der Waals surface area contributed by atoms with Crippen LogP contribution in [0.1, 0.15) is 12.5 Å². The van der Waals surface area contributed by atoms with Gasteiger partial charge >= 0.3 is 92.6 Å². The molecule has 0 heterocycles. The van der Waals surface area contributed by atoms with Gasteiger partial charge in [0.1, 0.15) is 0 Å². The first-order valence-corrected chi connectivity index (χ1v) is 5.77. The van der Waals surface area contributed by atoms with Gasteiger partial charge in [0.05, 0.1) is 0 Å². The minimum atomic E-state index is -0.260. The molecule has 1 aromatic rings. The van der Waals surface area contributed by atoms with Crippen LogP contribution in [0.2, 0.25) is 0 Å². The molecule has 0 aromatic heterocycles. The van der Waals surface area contributed by atoms with E-state index in [1.165, 1.54) is 6.92 Å². The van der Waals surface area contributed by atoms with Crippen molar-refractivity contribution in [2.75, 3.05) is 0 Å². The second-order valence-electron chi connectivity index (χ2n) is 2.80. The molecule has 0 amide bonds. The van der Waals surface area contributed by atoms with Crippen molar-refractivity contribution in [3.05, 3.63) is 42.0 Å². The summed E-state index contributed by atoms with van der Waals surface area (Å²) in [5.74, 6) is -0.260. The molecule has 0 aliphatic carbocycles. The number of hydrogen-bond acceptors (Lipinski definition) is 2. The summed E-state index contributed by atoms with van der Waals surface area (Å²) in [5, 5.41) is 0. The molecule has 3 heteroatoms. The van der Waals surface area contributed by atoms with Crippen molar-refractivity contribution in [2.45, 2.75) is 6.92 Å². The summed E-state index contributed by atoms with van der Waals surface area (Å²) >= 11 is 0.836. The third-order valence-corrected chi connectivity index (χ3v) is 2.33. The fraction of sp³-hybridized carbons (Fsp3) is 0.0909. The summed E-state index contributed by atoms with van der Waals surface area (Å²) in [6.45, 7) is 1.41. The van der Waals surface area contributed by atoms with E-state index in [0.29, 0.717) is 0 Å². The molecular weight excluding hydrogens is 230 g/mol. The van der Waals surface area contributed by atoms with Crippen LogP contribution in [0.3, 0.4) is 0 Å². The van der Waals surface area contributed by atoms with Crippen molar-refractivity contribution in [1.29, 1.82) is 0 Å². The van der Waals surface area contributed by atoms with Crippen LogP contribution in [0.4, 0.5) is 0 Å². The number of ether oxygens (including phenoxy) is 1. The van der Waals surface area contributed by atoms with E-state index < -0.39 is 0 Å². The molecule has 0 saturated carbocycles. The summed E-state index contributed by atoms with van der Waals surface area (Å²) in [4.78, 5) is 10.6.